The largest absolute Gasteiger partial charge is 0.383 e. The average molecular weight is 301 g/mol. The van der Waals surface area contributed by atoms with Gasteiger partial charge in [0.1, 0.15) is 0 Å². The van der Waals surface area contributed by atoms with Gasteiger partial charge in [-0.2, -0.15) is 0 Å². The summed E-state index contributed by atoms with van der Waals surface area (Å²) in [6.07, 6.45) is 6.66. The van der Waals surface area contributed by atoms with Crippen LogP contribution in [0.3, 0.4) is 0 Å². The number of nitrogens with zero attached hydrogens (tertiary/aromatic N) is 1. The van der Waals surface area contributed by atoms with E-state index in [1.165, 1.54) is 18.4 Å². The van der Waals surface area contributed by atoms with Crippen LogP contribution in [0.15, 0.2) is 42.1 Å². The Labute approximate surface area is 131 Å². The molecule has 2 atom stereocenters. The van der Waals surface area contributed by atoms with Crippen molar-refractivity contribution in [2.24, 2.45) is 11.8 Å². The molecule has 0 fully saturated rings. The van der Waals surface area contributed by atoms with Crippen LogP contribution in [0.25, 0.3) is 10.9 Å². The predicted octanol–water partition coefficient (Wildman–Crippen LogP) is 5.29. The van der Waals surface area contributed by atoms with Gasteiger partial charge in [-0.1, -0.05) is 36.2 Å². The number of anilines is 1. The van der Waals surface area contributed by atoms with Crippen molar-refractivity contribution < 1.29 is 0 Å². The third kappa shape index (κ3) is 3.38. The normalized spacial score (nSPS) is 22.1. The summed E-state index contributed by atoms with van der Waals surface area (Å²) in [5, 5.41) is 5.40. The number of hydrogen-bond donors (Lipinski definition) is 1. The number of pyridine rings is 1. The Hall–Kier alpha value is -1.54. The average Bonchev–Trinajstić information content (AvgIpc) is 2.43. The van der Waals surface area contributed by atoms with Gasteiger partial charge in [0.15, 0.2) is 0 Å². The van der Waals surface area contributed by atoms with Crippen LogP contribution in [-0.2, 0) is 0 Å². The number of allylic oxidation sites excluding steroid dienone is 2. The maximum Gasteiger partial charge on any atom is 0.0934 e. The highest BCUT2D eigenvalue weighted by Crippen LogP contribution is 2.30. The van der Waals surface area contributed by atoms with E-state index >= 15 is 0 Å². The molecule has 21 heavy (non-hydrogen) atoms. The molecule has 110 valence electrons. The summed E-state index contributed by atoms with van der Waals surface area (Å²) in [6, 6.07) is 7.94. The van der Waals surface area contributed by atoms with Crippen LogP contribution in [0.5, 0.6) is 0 Å². The SMILES string of the molecule is CC1=CC(C)CC(CNc2cc(Cl)cc3cccnc23)C1. The fourth-order valence-electron chi connectivity index (χ4n) is 3.39. The van der Waals surface area contributed by atoms with Gasteiger partial charge in [0, 0.05) is 23.2 Å². The monoisotopic (exact) mass is 300 g/mol. The second-order valence-corrected chi connectivity index (χ2v) is 6.64. The van der Waals surface area contributed by atoms with E-state index in [2.05, 4.69) is 36.3 Å². The minimum Gasteiger partial charge on any atom is -0.383 e. The van der Waals surface area contributed by atoms with E-state index in [1.807, 2.05) is 24.4 Å². The molecule has 0 bridgehead atoms. The van der Waals surface area contributed by atoms with Crippen molar-refractivity contribution in [3.05, 3.63) is 47.1 Å². The van der Waals surface area contributed by atoms with Crippen LogP contribution in [0.1, 0.15) is 26.7 Å². The number of fused-ring (bicyclic) bond motifs is 1. The molecule has 1 aromatic carbocycles. The standard InChI is InChI=1S/C18H21ClN2/c1-12-6-13(2)8-14(7-12)11-21-17-10-16(19)9-15-4-3-5-20-18(15)17/h3-6,9-10,12,14,21H,7-8,11H2,1-2H3. The molecule has 1 aliphatic rings. The van der Waals surface area contributed by atoms with Crippen LogP contribution < -0.4 is 5.32 Å². The van der Waals surface area contributed by atoms with Gasteiger partial charge in [0.25, 0.3) is 0 Å². The van der Waals surface area contributed by atoms with Gasteiger partial charge in [0.05, 0.1) is 11.2 Å². The fourth-order valence-corrected chi connectivity index (χ4v) is 3.61. The highest BCUT2D eigenvalue weighted by Gasteiger charge is 2.18. The molecule has 1 N–H and O–H groups in total. The first-order chi connectivity index (χ1) is 10.1. The van der Waals surface area contributed by atoms with E-state index in [1.54, 1.807) is 0 Å². The third-order valence-corrected chi connectivity index (χ3v) is 4.35. The van der Waals surface area contributed by atoms with Gasteiger partial charge in [0.2, 0.25) is 0 Å². The molecule has 2 aromatic rings. The van der Waals surface area contributed by atoms with Crippen molar-refractivity contribution in [3.8, 4) is 0 Å². The number of hydrogen-bond acceptors (Lipinski definition) is 2. The number of halogens is 1. The summed E-state index contributed by atoms with van der Waals surface area (Å²) >= 11 is 6.21. The number of rotatable bonds is 3. The summed E-state index contributed by atoms with van der Waals surface area (Å²) < 4.78 is 0. The molecular formula is C18H21ClN2. The molecule has 0 spiro atoms. The van der Waals surface area contributed by atoms with Crippen LogP contribution in [0, 0.1) is 11.8 Å². The fraction of sp³-hybridized carbons (Fsp3) is 0.389. The number of nitrogens with one attached hydrogen (secondary N) is 1. The highest BCUT2D eigenvalue weighted by molar-refractivity contribution is 6.31. The predicted molar refractivity (Wildman–Crippen MR) is 90.9 cm³/mol. The Bertz CT molecular complexity index is 678. The molecule has 3 rings (SSSR count). The van der Waals surface area contributed by atoms with Gasteiger partial charge in [-0.25, -0.2) is 0 Å². The first-order valence-electron chi connectivity index (χ1n) is 7.57. The van der Waals surface area contributed by atoms with Crippen molar-refractivity contribution >= 4 is 28.2 Å². The van der Waals surface area contributed by atoms with E-state index in [-0.39, 0.29) is 0 Å². The summed E-state index contributed by atoms with van der Waals surface area (Å²) in [4.78, 5) is 4.48. The Morgan fingerprint density at radius 1 is 1.38 bits per heavy atom. The van der Waals surface area contributed by atoms with Crippen molar-refractivity contribution in [3.63, 3.8) is 0 Å². The zero-order valence-corrected chi connectivity index (χ0v) is 13.3. The van der Waals surface area contributed by atoms with Gasteiger partial charge in [-0.15, -0.1) is 0 Å². The molecule has 2 unspecified atom stereocenters. The van der Waals surface area contributed by atoms with Crippen LogP contribution in [0.2, 0.25) is 5.02 Å². The molecule has 0 radical (unpaired) electrons. The zero-order valence-electron chi connectivity index (χ0n) is 12.6. The van der Waals surface area contributed by atoms with Gasteiger partial charge >= 0.3 is 0 Å². The molecule has 0 saturated heterocycles. The quantitative estimate of drug-likeness (QED) is 0.779. The number of aromatic nitrogens is 1. The molecule has 1 aromatic heterocycles. The lowest BCUT2D eigenvalue weighted by Gasteiger charge is -2.26. The highest BCUT2D eigenvalue weighted by atomic mass is 35.5. The molecule has 1 heterocycles. The van der Waals surface area contributed by atoms with Gasteiger partial charge in [-0.3, -0.25) is 4.98 Å². The Morgan fingerprint density at radius 3 is 3.05 bits per heavy atom. The first-order valence-corrected chi connectivity index (χ1v) is 7.95. The zero-order chi connectivity index (χ0) is 14.8. The van der Waals surface area contributed by atoms with Crippen LogP contribution in [-0.4, -0.2) is 11.5 Å². The Kier molecular flexibility index (Phi) is 4.16. The molecular weight excluding hydrogens is 280 g/mol. The minimum absolute atomic E-state index is 0.680. The molecule has 0 saturated carbocycles. The number of benzene rings is 1. The molecule has 3 heteroatoms. The van der Waals surface area contributed by atoms with Crippen molar-refractivity contribution in [1.29, 1.82) is 0 Å². The summed E-state index contributed by atoms with van der Waals surface area (Å²) in [6.45, 7) is 5.51. The molecule has 0 aliphatic heterocycles. The lowest BCUT2D eigenvalue weighted by molar-refractivity contribution is 0.421. The Balaban J connectivity index is 1.78. The maximum absolute atomic E-state index is 6.21. The third-order valence-electron chi connectivity index (χ3n) is 4.14. The summed E-state index contributed by atoms with van der Waals surface area (Å²) in [5.41, 5.74) is 3.55. The van der Waals surface area contributed by atoms with Crippen molar-refractivity contribution in [2.45, 2.75) is 26.7 Å². The van der Waals surface area contributed by atoms with Crippen molar-refractivity contribution in [2.75, 3.05) is 11.9 Å². The molecule has 2 nitrogen and oxygen atoms in total. The summed E-state index contributed by atoms with van der Waals surface area (Å²) in [5.74, 6) is 1.36. The topological polar surface area (TPSA) is 24.9 Å². The van der Waals surface area contributed by atoms with E-state index in [4.69, 9.17) is 11.6 Å². The van der Waals surface area contributed by atoms with E-state index in [0.29, 0.717) is 11.8 Å². The molecule has 0 amide bonds. The smallest absolute Gasteiger partial charge is 0.0934 e. The minimum atomic E-state index is 0.680. The second kappa shape index (κ2) is 6.07. The van der Waals surface area contributed by atoms with Gasteiger partial charge in [-0.05, 0) is 49.8 Å². The van der Waals surface area contributed by atoms with Gasteiger partial charge < -0.3 is 5.32 Å². The van der Waals surface area contributed by atoms with Crippen LogP contribution in [0.4, 0.5) is 5.69 Å². The Morgan fingerprint density at radius 2 is 2.24 bits per heavy atom. The maximum atomic E-state index is 6.21. The van der Waals surface area contributed by atoms with E-state index in [0.717, 1.165) is 28.2 Å². The van der Waals surface area contributed by atoms with Crippen LogP contribution >= 0.6 is 11.6 Å². The lowest BCUT2D eigenvalue weighted by Crippen LogP contribution is -2.20. The second-order valence-electron chi connectivity index (χ2n) is 6.21. The molecule has 1 aliphatic carbocycles. The van der Waals surface area contributed by atoms with E-state index < -0.39 is 0 Å². The lowest BCUT2D eigenvalue weighted by atomic mass is 9.83. The van der Waals surface area contributed by atoms with Crippen molar-refractivity contribution in [1.82, 2.24) is 4.98 Å². The first kappa shape index (κ1) is 14.4. The van der Waals surface area contributed by atoms with E-state index in [9.17, 15) is 0 Å². The summed E-state index contributed by atoms with van der Waals surface area (Å²) in [7, 11) is 0.